The molecule has 126 valence electrons. The molecule has 0 saturated carbocycles. The molecule has 0 aliphatic carbocycles. The Morgan fingerprint density at radius 2 is 2.00 bits per heavy atom. The van der Waals surface area contributed by atoms with Crippen molar-refractivity contribution in [2.24, 2.45) is 0 Å². The first-order chi connectivity index (χ1) is 12.2. The van der Waals surface area contributed by atoms with E-state index in [2.05, 4.69) is 84.6 Å². The fourth-order valence-electron chi connectivity index (χ4n) is 4.81. The molecule has 3 aliphatic rings. The van der Waals surface area contributed by atoms with Crippen LogP contribution in [0.4, 0.5) is 5.69 Å². The number of allylic oxidation sites excluding steroid dienone is 1. The molecule has 1 fully saturated rings. The van der Waals surface area contributed by atoms with Crippen molar-refractivity contribution in [3.63, 3.8) is 0 Å². The maximum atomic E-state index is 3.79. The van der Waals surface area contributed by atoms with Crippen molar-refractivity contribution in [2.45, 2.75) is 16.1 Å². The van der Waals surface area contributed by atoms with E-state index in [0.717, 1.165) is 9.55 Å². The van der Waals surface area contributed by atoms with Gasteiger partial charge < -0.3 is 0 Å². The van der Waals surface area contributed by atoms with Crippen LogP contribution in [0.25, 0.3) is 6.08 Å². The van der Waals surface area contributed by atoms with Gasteiger partial charge in [0.2, 0.25) is 0 Å². The standard InChI is InChI=1S/C21H23N2S.In/c1-23(2)21-12-10-17(11-13-21)6-5-9-18-7-3-4-8-19(18)14-20-15-24-16-22-20;/h3-4,8-14,20,22H,6,15-16H2,1-2H3;. The van der Waals surface area contributed by atoms with E-state index in [1.807, 2.05) is 3.33 Å². The second kappa shape index (κ2) is 6.40. The van der Waals surface area contributed by atoms with Crippen LogP contribution < -0.4 is 13.5 Å². The van der Waals surface area contributed by atoms with Crippen molar-refractivity contribution in [1.29, 1.82) is 0 Å². The molecule has 2 aromatic rings. The zero-order valence-electron chi connectivity index (χ0n) is 14.8. The molecule has 0 amide bonds. The summed E-state index contributed by atoms with van der Waals surface area (Å²) in [6.07, 6.45) is 3.74. The van der Waals surface area contributed by atoms with Gasteiger partial charge in [-0.05, 0) is 0 Å². The fourth-order valence-corrected chi connectivity index (χ4v) is 18.8. The van der Waals surface area contributed by atoms with Crippen LogP contribution in [-0.2, 0) is 6.42 Å². The summed E-state index contributed by atoms with van der Waals surface area (Å²) in [5.74, 6) is 2.43. The molecule has 0 spiro atoms. The number of benzene rings is 2. The molecular formula is C21H23InN2S. The SMILES string of the molecule is CN(C)c1ccc(C[C]2=Cc3c4ccc[c]3[In]2[CH]4C2CSCN2)cc1. The summed E-state index contributed by atoms with van der Waals surface area (Å²) in [7, 11) is 4.21. The molecule has 5 rings (SSSR count). The van der Waals surface area contributed by atoms with Crippen molar-refractivity contribution in [1.82, 2.24) is 5.32 Å². The van der Waals surface area contributed by atoms with Crippen molar-refractivity contribution >= 4 is 48.3 Å². The Bertz CT molecular complexity index is 837. The van der Waals surface area contributed by atoms with Gasteiger partial charge in [0.25, 0.3) is 0 Å². The third kappa shape index (κ3) is 2.68. The predicted octanol–water partition coefficient (Wildman–Crippen LogP) is 2.93. The summed E-state index contributed by atoms with van der Waals surface area (Å²) < 4.78 is 4.44. The van der Waals surface area contributed by atoms with Gasteiger partial charge in [0, 0.05) is 0 Å². The molecular weight excluding hydrogens is 427 g/mol. The van der Waals surface area contributed by atoms with E-state index in [0.29, 0.717) is 6.04 Å². The summed E-state index contributed by atoms with van der Waals surface area (Å²) in [5.41, 5.74) is 6.05. The van der Waals surface area contributed by atoms with Crippen molar-refractivity contribution in [2.75, 3.05) is 30.6 Å². The van der Waals surface area contributed by atoms with E-state index < -0.39 is 21.4 Å². The van der Waals surface area contributed by atoms with Gasteiger partial charge in [0.1, 0.15) is 0 Å². The molecule has 0 radical (unpaired) electrons. The van der Waals surface area contributed by atoms with Crippen LogP contribution in [-0.4, -0.2) is 53.2 Å². The predicted molar refractivity (Wildman–Crippen MR) is 111 cm³/mol. The zero-order chi connectivity index (χ0) is 17.0. The Labute approximate surface area is 162 Å². The molecule has 0 aromatic heterocycles. The number of anilines is 1. The molecule has 4 bridgehead atoms. The Morgan fingerprint density at radius 1 is 1.16 bits per heavy atom. The van der Waals surface area contributed by atoms with Gasteiger partial charge in [-0.15, -0.1) is 0 Å². The van der Waals surface area contributed by atoms with Crippen molar-refractivity contribution in [3.05, 3.63) is 62.5 Å². The van der Waals surface area contributed by atoms with Gasteiger partial charge in [-0.25, -0.2) is 0 Å². The first-order valence-electron chi connectivity index (χ1n) is 9.13. The summed E-state index contributed by atoms with van der Waals surface area (Å²) in [4.78, 5) is 2.17. The number of thioether (sulfide) groups is 1. The van der Waals surface area contributed by atoms with Crippen LogP contribution in [0.3, 0.4) is 0 Å². The van der Waals surface area contributed by atoms with Crippen LogP contribution >= 0.6 is 11.8 Å². The minimum atomic E-state index is -1.94. The molecule has 1 N–H and O–H groups in total. The summed E-state index contributed by atoms with van der Waals surface area (Å²) in [6.45, 7) is 0. The number of rotatable bonds is 4. The zero-order valence-corrected chi connectivity index (χ0v) is 18.9. The van der Waals surface area contributed by atoms with Crippen LogP contribution in [0.1, 0.15) is 20.4 Å². The van der Waals surface area contributed by atoms with Crippen LogP contribution in [0.15, 0.2) is 45.8 Å². The second-order valence-electron chi connectivity index (χ2n) is 7.64. The topological polar surface area (TPSA) is 15.3 Å². The van der Waals surface area contributed by atoms with E-state index in [1.165, 1.54) is 23.4 Å². The summed E-state index contributed by atoms with van der Waals surface area (Å²) in [6, 6.07) is 17.0. The molecule has 2 nitrogen and oxygen atoms in total. The molecule has 3 heterocycles. The Hall–Kier alpha value is -0.840. The first-order valence-corrected chi connectivity index (χ1v) is 15.5. The third-order valence-electron chi connectivity index (χ3n) is 6.00. The Kier molecular flexibility index (Phi) is 4.18. The molecule has 4 heteroatoms. The average Bonchev–Trinajstić information content (AvgIpc) is 3.29. The Balaban J connectivity index is 1.44. The molecule has 25 heavy (non-hydrogen) atoms. The van der Waals surface area contributed by atoms with Gasteiger partial charge in [-0.2, -0.15) is 0 Å². The van der Waals surface area contributed by atoms with Gasteiger partial charge in [0.15, 0.2) is 0 Å². The molecule has 2 atom stereocenters. The monoisotopic (exact) mass is 450 g/mol. The van der Waals surface area contributed by atoms with Crippen molar-refractivity contribution < 1.29 is 0 Å². The van der Waals surface area contributed by atoms with Crippen molar-refractivity contribution in [3.8, 4) is 0 Å². The van der Waals surface area contributed by atoms with Crippen LogP contribution in [0, 0.1) is 0 Å². The maximum absolute atomic E-state index is 3.79. The minimum absolute atomic E-state index is 0.712. The second-order valence-corrected chi connectivity index (χ2v) is 17.3. The van der Waals surface area contributed by atoms with Crippen LogP contribution in [0.2, 0.25) is 0 Å². The van der Waals surface area contributed by atoms with Gasteiger partial charge >= 0.3 is 163 Å². The quantitative estimate of drug-likeness (QED) is 0.772. The van der Waals surface area contributed by atoms with E-state index in [-0.39, 0.29) is 0 Å². The number of hydrogen-bond donors (Lipinski definition) is 1. The molecule has 2 unspecified atom stereocenters. The Morgan fingerprint density at radius 3 is 2.68 bits per heavy atom. The third-order valence-corrected chi connectivity index (χ3v) is 18.1. The summed E-state index contributed by atoms with van der Waals surface area (Å²) >= 11 is 0.135. The molecule has 3 aliphatic heterocycles. The molecule has 1 saturated heterocycles. The average molecular weight is 450 g/mol. The van der Waals surface area contributed by atoms with Gasteiger partial charge in [0.05, 0.1) is 0 Å². The fraction of sp³-hybridized carbons (Fsp3) is 0.333. The first kappa shape index (κ1) is 16.3. The summed E-state index contributed by atoms with van der Waals surface area (Å²) in [5, 5.41) is 3.79. The number of nitrogens with zero attached hydrogens (tertiary/aromatic N) is 1. The van der Waals surface area contributed by atoms with E-state index in [4.69, 9.17) is 0 Å². The van der Waals surface area contributed by atoms with Gasteiger partial charge in [-0.3, -0.25) is 0 Å². The number of hydrogen-bond acceptors (Lipinski definition) is 3. The van der Waals surface area contributed by atoms with Gasteiger partial charge in [-0.1, -0.05) is 0 Å². The van der Waals surface area contributed by atoms with E-state index in [1.54, 1.807) is 14.4 Å². The van der Waals surface area contributed by atoms with E-state index >= 15 is 0 Å². The van der Waals surface area contributed by atoms with E-state index in [9.17, 15) is 0 Å². The normalized spacial score (nSPS) is 23.3. The molecule has 2 aromatic carbocycles. The number of nitrogens with one attached hydrogen (secondary N) is 1. The van der Waals surface area contributed by atoms with Crippen LogP contribution in [0.5, 0.6) is 0 Å².